The number of piperidine rings is 1. The molecule has 2 fully saturated rings. The van der Waals surface area contributed by atoms with Gasteiger partial charge in [0.25, 0.3) is 5.91 Å². The molecule has 14 heteroatoms. The first kappa shape index (κ1) is 32.1. The van der Waals surface area contributed by atoms with Gasteiger partial charge in [-0.15, -0.1) is 0 Å². The maximum Gasteiger partial charge on any atom is 0.282 e. The lowest BCUT2D eigenvalue weighted by atomic mass is 9.94. The van der Waals surface area contributed by atoms with Crippen LogP contribution < -0.4 is 10.2 Å². The first-order valence-corrected chi connectivity index (χ1v) is 17.4. The van der Waals surface area contributed by atoms with E-state index in [-0.39, 0.29) is 38.3 Å². The van der Waals surface area contributed by atoms with Crippen molar-refractivity contribution >= 4 is 50.1 Å². The van der Waals surface area contributed by atoms with Gasteiger partial charge in [0.05, 0.1) is 43.2 Å². The van der Waals surface area contributed by atoms with Gasteiger partial charge >= 0.3 is 0 Å². The summed E-state index contributed by atoms with van der Waals surface area (Å²) < 4.78 is 45.8. The van der Waals surface area contributed by atoms with Crippen molar-refractivity contribution in [3.8, 4) is 6.07 Å². The Morgan fingerprint density at radius 2 is 1.91 bits per heavy atom. The minimum atomic E-state index is -3.27. The monoisotopic (exact) mass is 667 g/mol. The zero-order valence-electron chi connectivity index (χ0n) is 25.5. The Morgan fingerprint density at radius 3 is 2.61 bits per heavy atom. The second-order valence-corrected chi connectivity index (χ2v) is 14.3. The van der Waals surface area contributed by atoms with Gasteiger partial charge in [0.1, 0.15) is 5.82 Å². The highest BCUT2D eigenvalue weighted by molar-refractivity contribution is 7.88. The van der Waals surface area contributed by atoms with Crippen LogP contribution in [0.25, 0.3) is 10.8 Å². The predicted molar refractivity (Wildman–Crippen MR) is 173 cm³/mol. The molecule has 11 nitrogen and oxygen atoms in total. The fourth-order valence-corrected chi connectivity index (χ4v) is 7.80. The van der Waals surface area contributed by atoms with E-state index in [4.69, 9.17) is 26.3 Å². The molecule has 242 valence electrons. The van der Waals surface area contributed by atoms with Crippen LogP contribution in [0, 0.1) is 11.3 Å². The van der Waals surface area contributed by atoms with Crippen LogP contribution >= 0.6 is 11.6 Å². The number of carbonyl (C=O) groups excluding carboxylic acids is 1. The highest BCUT2D eigenvalue weighted by Gasteiger charge is 2.36. The Bertz CT molecular complexity index is 1820. The number of sulfonamides is 1. The Kier molecular flexibility index (Phi) is 9.16. The number of aromatic nitrogens is 2. The summed E-state index contributed by atoms with van der Waals surface area (Å²) in [5.41, 5.74) is 2.57. The van der Waals surface area contributed by atoms with Gasteiger partial charge in [-0.3, -0.25) is 4.79 Å². The number of benzene rings is 2. The topological polar surface area (TPSA) is 132 Å². The maximum absolute atomic E-state index is 13.8. The van der Waals surface area contributed by atoms with Gasteiger partial charge in [-0.25, -0.2) is 22.1 Å². The fourth-order valence-electron chi connectivity index (χ4n) is 6.63. The largest absolute Gasteiger partial charge is 0.368 e. The van der Waals surface area contributed by atoms with Crippen LogP contribution in [0.5, 0.6) is 0 Å². The van der Waals surface area contributed by atoms with Crippen molar-refractivity contribution in [3.63, 3.8) is 0 Å². The molecule has 0 saturated carbocycles. The van der Waals surface area contributed by atoms with Crippen LogP contribution in [0.1, 0.15) is 42.2 Å². The predicted octanol–water partition coefficient (Wildman–Crippen LogP) is 4.35. The number of nitriles is 1. The lowest BCUT2D eigenvalue weighted by Gasteiger charge is -2.42. The van der Waals surface area contributed by atoms with Crippen molar-refractivity contribution in [1.29, 1.82) is 5.26 Å². The molecule has 2 atom stereocenters. The Morgan fingerprint density at radius 1 is 1.17 bits per heavy atom. The lowest BCUT2D eigenvalue weighted by molar-refractivity contribution is -0.131. The van der Waals surface area contributed by atoms with Gasteiger partial charge < -0.3 is 19.9 Å². The number of rotatable bonds is 7. The molecule has 0 spiro atoms. The highest BCUT2D eigenvalue weighted by atomic mass is 35.5. The normalized spacial score (nSPS) is 21.1. The van der Waals surface area contributed by atoms with E-state index in [2.05, 4.69) is 18.0 Å². The summed E-state index contributed by atoms with van der Waals surface area (Å²) in [4.78, 5) is 25.8. The number of hydrogen-bond donors (Lipinski definition) is 1. The smallest absolute Gasteiger partial charge is 0.282 e. The van der Waals surface area contributed by atoms with E-state index in [0.717, 1.165) is 27.6 Å². The second-order valence-electron chi connectivity index (χ2n) is 11.9. The third kappa shape index (κ3) is 6.53. The van der Waals surface area contributed by atoms with Crippen LogP contribution in [-0.2, 0) is 32.6 Å². The van der Waals surface area contributed by atoms with Crippen LogP contribution in [0.3, 0.4) is 0 Å². The third-order valence-electron chi connectivity index (χ3n) is 8.97. The third-order valence-corrected chi connectivity index (χ3v) is 10.6. The highest BCUT2D eigenvalue weighted by Crippen LogP contribution is 2.39. The Labute approximate surface area is 272 Å². The van der Waals surface area contributed by atoms with Gasteiger partial charge in [-0.05, 0) is 29.9 Å². The van der Waals surface area contributed by atoms with Gasteiger partial charge in [0.15, 0.2) is 5.83 Å². The summed E-state index contributed by atoms with van der Waals surface area (Å²) in [6.45, 7) is 5.01. The van der Waals surface area contributed by atoms with Crippen molar-refractivity contribution in [2.24, 2.45) is 0 Å². The standard InChI is InChI=1S/C32H35ClFN7O4S/c1-20(34)31(42)41-16-15-39(18-23(41)9-12-35)30-25-19-45-28(24-7-3-5-21-6-4-8-26(33)29(21)24)17-27(25)37-32(38-30)36-22-10-13-40(14-11-22)46(2,43)44/h3-8,22-23,28H,1,9-11,13-19H2,2H3,(H,36,37,38)/t23-,28?/m0/s1. The first-order chi connectivity index (χ1) is 22.0. The number of amides is 1. The van der Waals surface area contributed by atoms with E-state index in [1.165, 1.54) is 15.5 Å². The molecule has 1 amide bonds. The number of carbonyl (C=O) groups is 1. The van der Waals surface area contributed by atoms with Crippen molar-refractivity contribution in [1.82, 2.24) is 19.2 Å². The van der Waals surface area contributed by atoms with Crippen molar-refractivity contribution in [2.45, 2.75) is 50.5 Å². The molecule has 1 N–H and O–H groups in total. The molecule has 3 aliphatic heterocycles. The van der Waals surface area contributed by atoms with Gasteiger partial charge in [0.2, 0.25) is 16.0 Å². The van der Waals surface area contributed by atoms with E-state index < -0.39 is 27.8 Å². The zero-order chi connectivity index (χ0) is 32.6. The average molecular weight is 668 g/mol. The lowest BCUT2D eigenvalue weighted by Crippen LogP contribution is -2.55. The van der Waals surface area contributed by atoms with Crippen molar-refractivity contribution in [2.75, 3.05) is 49.2 Å². The molecule has 3 aromatic rings. The van der Waals surface area contributed by atoms with Gasteiger partial charge in [-0.1, -0.05) is 48.5 Å². The molecule has 6 rings (SSSR count). The number of halogens is 2. The van der Waals surface area contributed by atoms with Crippen molar-refractivity contribution in [3.05, 3.63) is 70.6 Å². The summed E-state index contributed by atoms with van der Waals surface area (Å²) in [6, 6.07) is 13.3. The van der Waals surface area contributed by atoms with Crippen molar-refractivity contribution < 1.29 is 22.3 Å². The summed E-state index contributed by atoms with van der Waals surface area (Å²) in [7, 11) is -3.27. The van der Waals surface area contributed by atoms with E-state index in [1.807, 2.05) is 41.3 Å². The number of fused-ring (bicyclic) bond motifs is 2. The Balaban J connectivity index is 1.33. The SMILES string of the molecule is C=C(F)C(=O)N1CCN(c2nc(NC3CCN(S(C)(=O)=O)CC3)nc3c2COC(c2cccc4cccc(Cl)c24)C3)C[C@@H]1CC#N. The molecule has 2 aromatic carbocycles. The van der Waals surface area contributed by atoms with Gasteiger partial charge in [0, 0.05) is 61.2 Å². The van der Waals surface area contributed by atoms with Crippen LogP contribution in [-0.4, -0.2) is 84.6 Å². The number of hydrogen-bond acceptors (Lipinski definition) is 9. The van der Waals surface area contributed by atoms with E-state index in [0.29, 0.717) is 55.7 Å². The second kappa shape index (κ2) is 13.1. The van der Waals surface area contributed by atoms with E-state index >= 15 is 0 Å². The van der Waals surface area contributed by atoms with Crippen LogP contribution in [0.15, 0.2) is 48.8 Å². The molecular weight excluding hydrogens is 633 g/mol. The number of nitrogens with one attached hydrogen (secondary N) is 1. The minimum absolute atomic E-state index is 0.0211. The minimum Gasteiger partial charge on any atom is -0.368 e. The zero-order valence-corrected chi connectivity index (χ0v) is 27.0. The summed E-state index contributed by atoms with van der Waals surface area (Å²) in [5, 5.41) is 15.5. The summed E-state index contributed by atoms with van der Waals surface area (Å²) in [6.07, 6.45) is 2.58. The quantitative estimate of drug-likeness (QED) is 0.366. The first-order valence-electron chi connectivity index (χ1n) is 15.2. The number of piperazine rings is 1. The summed E-state index contributed by atoms with van der Waals surface area (Å²) >= 11 is 6.65. The Hall–Kier alpha value is -3.83. The molecule has 46 heavy (non-hydrogen) atoms. The molecule has 4 heterocycles. The summed E-state index contributed by atoms with van der Waals surface area (Å²) in [5.74, 6) is -0.829. The number of anilines is 2. The molecule has 3 aliphatic rings. The average Bonchev–Trinajstić information content (AvgIpc) is 3.03. The molecule has 1 aromatic heterocycles. The van der Waals surface area contributed by atoms with Gasteiger partial charge in [-0.2, -0.15) is 10.2 Å². The fraction of sp³-hybridized carbons (Fsp3) is 0.438. The van der Waals surface area contributed by atoms with Crippen LogP contribution in [0.2, 0.25) is 5.02 Å². The molecular formula is C32H35ClFN7O4S. The molecule has 0 radical (unpaired) electrons. The molecule has 0 bridgehead atoms. The van der Waals surface area contributed by atoms with E-state index in [1.54, 1.807) is 0 Å². The molecule has 2 saturated heterocycles. The number of nitrogens with zero attached hydrogens (tertiary/aromatic N) is 6. The molecule has 1 unspecified atom stereocenters. The van der Waals surface area contributed by atoms with E-state index in [9.17, 15) is 22.9 Å². The number of ether oxygens (including phenoxy) is 1. The maximum atomic E-state index is 13.8. The molecule has 0 aliphatic carbocycles. The van der Waals surface area contributed by atoms with Crippen LogP contribution in [0.4, 0.5) is 16.2 Å².